The van der Waals surface area contributed by atoms with Crippen LogP contribution in [0.5, 0.6) is 5.88 Å². The van der Waals surface area contributed by atoms with E-state index < -0.39 is 17.4 Å². The zero-order valence-electron chi connectivity index (χ0n) is 15.5. The number of aryl methyl sites for hydroxylation is 2. The molecule has 3 aromatic rings. The fraction of sp³-hybridized carbons (Fsp3) is 0.333. The van der Waals surface area contributed by atoms with Gasteiger partial charge in [-0.15, -0.1) is 11.3 Å². The van der Waals surface area contributed by atoms with E-state index in [1.165, 1.54) is 17.5 Å². The van der Waals surface area contributed by atoms with Gasteiger partial charge in [-0.1, -0.05) is 0 Å². The van der Waals surface area contributed by atoms with Crippen LogP contribution in [0.4, 0.5) is 0 Å². The first-order chi connectivity index (χ1) is 12.7. The molecule has 3 N–H and O–H groups in total. The molecule has 9 heteroatoms. The van der Waals surface area contributed by atoms with Gasteiger partial charge in [0.1, 0.15) is 17.9 Å². The van der Waals surface area contributed by atoms with Crippen LogP contribution in [0, 0.1) is 13.8 Å². The Balaban J connectivity index is 1.89. The molecule has 0 spiro atoms. The summed E-state index contributed by atoms with van der Waals surface area (Å²) in [6, 6.07) is 1.65. The minimum Gasteiger partial charge on any atom is -0.472 e. The smallest absolute Gasteiger partial charge is 0.256 e. The molecule has 3 aromatic heterocycles. The fourth-order valence-corrected chi connectivity index (χ4v) is 3.17. The van der Waals surface area contributed by atoms with Crippen LogP contribution in [-0.4, -0.2) is 27.3 Å². The Hall–Kier alpha value is -2.94. The van der Waals surface area contributed by atoms with Gasteiger partial charge >= 0.3 is 0 Å². The molecule has 0 aromatic carbocycles. The van der Waals surface area contributed by atoms with Crippen molar-refractivity contribution >= 4 is 34.1 Å². The molecule has 0 bridgehead atoms. The second kappa shape index (κ2) is 6.99. The Bertz CT molecular complexity index is 1020. The first-order valence-corrected chi connectivity index (χ1v) is 9.10. The number of hydrogen-bond acceptors (Lipinski definition) is 7. The van der Waals surface area contributed by atoms with E-state index in [0.717, 1.165) is 10.6 Å². The lowest BCUT2D eigenvalue weighted by Gasteiger charge is -2.22. The van der Waals surface area contributed by atoms with Gasteiger partial charge in [0.2, 0.25) is 11.8 Å². The third-order valence-corrected chi connectivity index (χ3v) is 5.10. The third kappa shape index (κ3) is 3.77. The van der Waals surface area contributed by atoms with E-state index in [1.54, 1.807) is 32.3 Å². The maximum absolute atomic E-state index is 12.7. The van der Waals surface area contributed by atoms with Gasteiger partial charge in [0.25, 0.3) is 5.91 Å². The number of ether oxygens (including phenoxy) is 1. The molecule has 0 aliphatic carbocycles. The number of hydrogen-bond donors (Lipinski definition) is 2. The number of furan rings is 1. The topological polar surface area (TPSA) is 120 Å². The van der Waals surface area contributed by atoms with Crippen LogP contribution < -0.4 is 15.8 Å². The SMILES string of the molecule is Cc1ncsc1COc1cc2c(C(=O)NC(C)(C)C(N)=O)c(C)oc2cn1. The molecule has 0 radical (unpaired) electrons. The molecule has 0 atom stereocenters. The molecule has 0 fully saturated rings. The van der Waals surface area contributed by atoms with Gasteiger partial charge < -0.3 is 20.2 Å². The molecule has 0 saturated heterocycles. The first-order valence-electron chi connectivity index (χ1n) is 8.22. The minimum atomic E-state index is -1.19. The van der Waals surface area contributed by atoms with Gasteiger partial charge in [-0.2, -0.15) is 0 Å². The quantitative estimate of drug-likeness (QED) is 0.669. The number of primary amides is 1. The number of nitrogens with two attached hydrogens (primary N) is 1. The zero-order valence-corrected chi connectivity index (χ0v) is 16.3. The number of nitrogens with one attached hydrogen (secondary N) is 1. The van der Waals surface area contributed by atoms with E-state index in [9.17, 15) is 9.59 Å². The summed E-state index contributed by atoms with van der Waals surface area (Å²) in [4.78, 5) is 33.6. The Kier molecular flexibility index (Phi) is 4.88. The Morgan fingerprint density at radius 3 is 2.70 bits per heavy atom. The van der Waals surface area contributed by atoms with E-state index in [4.69, 9.17) is 14.9 Å². The van der Waals surface area contributed by atoms with Crippen molar-refractivity contribution in [3.63, 3.8) is 0 Å². The van der Waals surface area contributed by atoms with E-state index in [0.29, 0.717) is 34.8 Å². The molecule has 2 amide bonds. The van der Waals surface area contributed by atoms with E-state index in [1.807, 2.05) is 6.92 Å². The largest absolute Gasteiger partial charge is 0.472 e. The maximum atomic E-state index is 12.7. The van der Waals surface area contributed by atoms with Gasteiger partial charge in [0.05, 0.1) is 27.8 Å². The lowest BCUT2D eigenvalue weighted by molar-refractivity contribution is -0.122. The molecule has 3 heterocycles. The zero-order chi connectivity index (χ0) is 19.8. The van der Waals surface area contributed by atoms with Crippen molar-refractivity contribution in [1.29, 1.82) is 0 Å². The second-order valence-electron chi connectivity index (χ2n) is 6.64. The van der Waals surface area contributed by atoms with E-state index in [2.05, 4.69) is 15.3 Å². The summed E-state index contributed by atoms with van der Waals surface area (Å²) in [5.41, 5.74) is 7.58. The molecule has 0 unspecified atom stereocenters. The van der Waals surface area contributed by atoms with Crippen LogP contribution in [0.15, 0.2) is 22.2 Å². The molecule has 0 aliphatic heterocycles. The molecule has 142 valence electrons. The molecule has 8 nitrogen and oxygen atoms in total. The number of pyridine rings is 1. The summed E-state index contributed by atoms with van der Waals surface area (Å²) in [5, 5.41) is 3.18. The lowest BCUT2D eigenvalue weighted by atomic mass is 10.0. The van der Waals surface area contributed by atoms with Crippen molar-refractivity contribution in [1.82, 2.24) is 15.3 Å². The number of thiazole rings is 1. The lowest BCUT2D eigenvalue weighted by Crippen LogP contribution is -2.53. The van der Waals surface area contributed by atoms with Crippen molar-refractivity contribution < 1.29 is 18.7 Å². The fourth-order valence-electron chi connectivity index (χ4n) is 2.48. The Morgan fingerprint density at radius 1 is 1.33 bits per heavy atom. The highest BCUT2D eigenvalue weighted by atomic mass is 32.1. The highest BCUT2D eigenvalue weighted by molar-refractivity contribution is 7.09. The average molecular weight is 388 g/mol. The Morgan fingerprint density at radius 2 is 2.07 bits per heavy atom. The second-order valence-corrected chi connectivity index (χ2v) is 7.58. The molecular weight excluding hydrogens is 368 g/mol. The van der Waals surface area contributed by atoms with Crippen molar-refractivity contribution in [2.75, 3.05) is 0 Å². The van der Waals surface area contributed by atoms with Gasteiger partial charge in [0.15, 0.2) is 5.58 Å². The van der Waals surface area contributed by atoms with Gasteiger partial charge in [0, 0.05) is 11.5 Å². The summed E-state index contributed by atoms with van der Waals surface area (Å²) in [6.45, 7) is 7.00. The van der Waals surface area contributed by atoms with Gasteiger partial charge in [-0.25, -0.2) is 9.97 Å². The Labute approximate surface area is 159 Å². The van der Waals surface area contributed by atoms with E-state index >= 15 is 0 Å². The summed E-state index contributed by atoms with van der Waals surface area (Å²) < 4.78 is 11.4. The van der Waals surface area contributed by atoms with Crippen LogP contribution in [-0.2, 0) is 11.4 Å². The van der Waals surface area contributed by atoms with Crippen molar-refractivity contribution in [3.05, 3.63) is 39.7 Å². The number of carbonyl (C=O) groups excluding carboxylic acids is 2. The number of aromatic nitrogens is 2. The number of amides is 2. The summed E-state index contributed by atoms with van der Waals surface area (Å²) >= 11 is 1.50. The minimum absolute atomic E-state index is 0.320. The molecule has 3 rings (SSSR count). The predicted molar refractivity (Wildman–Crippen MR) is 101 cm³/mol. The molecule has 0 saturated carbocycles. The van der Waals surface area contributed by atoms with Crippen molar-refractivity contribution in [2.24, 2.45) is 5.73 Å². The summed E-state index contributed by atoms with van der Waals surface area (Å²) in [5.74, 6) is -0.309. The van der Waals surface area contributed by atoms with Crippen LogP contribution >= 0.6 is 11.3 Å². The van der Waals surface area contributed by atoms with Crippen LogP contribution in [0.3, 0.4) is 0 Å². The highest BCUT2D eigenvalue weighted by Crippen LogP contribution is 2.28. The summed E-state index contributed by atoms with van der Waals surface area (Å²) in [7, 11) is 0. The number of rotatable bonds is 6. The molecule has 27 heavy (non-hydrogen) atoms. The van der Waals surface area contributed by atoms with Gasteiger partial charge in [-0.05, 0) is 27.7 Å². The maximum Gasteiger partial charge on any atom is 0.256 e. The van der Waals surface area contributed by atoms with Crippen LogP contribution in [0.25, 0.3) is 11.0 Å². The first kappa shape index (κ1) is 18.8. The normalized spacial score (nSPS) is 11.6. The van der Waals surface area contributed by atoms with Gasteiger partial charge in [-0.3, -0.25) is 9.59 Å². The summed E-state index contributed by atoms with van der Waals surface area (Å²) in [6.07, 6.45) is 1.51. The third-order valence-electron chi connectivity index (χ3n) is 4.19. The van der Waals surface area contributed by atoms with Crippen molar-refractivity contribution in [2.45, 2.75) is 39.8 Å². The molecular formula is C18H20N4O4S. The van der Waals surface area contributed by atoms with Crippen LogP contribution in [0.1, 0.15) is 40.5 Å². The van der Waals surface area contributed by atoms with Crippen LogP contribution in [0.2, 0.25) is 0 Å². The predicted octanol–water partition coefficient (Wildman–Crippen LogP) is 2.47. The van der Waals surface area contributed by atoms with E-state index in [-0.39, 0.29) is 0 Å². The number of fused-ring (bicyclic) bond motifs is 1. The standard InChI is InChI=1S/C18H20N4O4S/c1-9-13(27-8-21-9)7-25-14-5-11-12(6-20-14)26-10(2)15(11)16(23)22-18(3,4)17(19)24/h5-6,8H,7H2,1-4H3,(H2,19,24)(H,22,23). The monoisotopic (exact) mass is 388 g/mol. The average Bonchev–Trinajstić information content (AvgIpc) is 3.13. The highest BCUT2D eigenvalue weighted by Gasteiger charge is 2.30. The number of carbonyl (C=O) groups is 2. The van der Waals surface area contributed by atoms with Crippen molar-refractivity contribution in [3.8, 4) is 5.88 Å². The number of nitrogens with zero attached hydrogens (tertiary/aromatic N) is 2. The molecule has 0 aliphatic rings.